The van der Waals surface area contributed by atoms with Crippen molar-refractivity contribution in [3.05, 3.63) is 84.2 Å². The number of carbonyl (C=O) groups excluding carboxylic acids is 1. The van der Waals surface area contributed by atoms with E-state index in [9.17, 15) is 9.18 Å². The van der Waals surface area contributed by atoms with Gasteiger partial charge in [-0.05, 0) is 73.2 Å². The van der Waals surface area contributed by atoms with Gasteiger partial charge in [0.15, 0.2) is 0 Å². The second-order valence-electron chi connectivity index (χ2n) is 6.04. The summed E-state index contributed by atoms with van der Waals surface area (Å²) in [5, 5.41) is 2.87. The van der Waals surface area contributed by atoms with Gasteiger partial charge in [0, 0.05) is 22.8 Å². The average molecular weight is 381 g/mol. The van der Waals surface area contributed by atoms with E-state index in [1.807, 2.05) is 55.5 Å². The van der Waals surface area contributed by atoms with Gasteiger partial charge in [-0.25, -0.2) is 4.39 Å². The van der Waals surface area contributed by atoms with Crippen molar-refractivity contribution in [2.45, 2.75) is 18.2 Å². The van der Waals surface area contributed by atoms with Crippen LogP contribution in [0.3, 0.4) is 0 Å². The van der Waals surface area contributed by atoms with Crippen LogP contribution < -0.4 is 10.1 Å². The Bertz CT molecular complexity index is 895. The summed E-state index contributed by atoms with van der Waals surface area (Å²) in [6.45, 7) is 2.01. The van der Waals surface area contributed by atoms with Crippen LogP contribution in [0.25, 0.3) is 0 Å². The Morgan fingerprint density at radius 3 is 2.44 bits per heavy atom. The minimum absolute atomic E-state index is 0.0584. The van der Waals surface area contributed by atoms with Crippen LogP contribution in [0, 0.1) is 12.7 Å². The Morgan fingerprint density at radius 2 is 1.74 bits per heavy atom. The quantitative estimate of drug-likeness (QED) is 0.507. The van der Waals surface area contributed by atoms with E-state index in [2.05, 4.69) is 5.32 Å². The fourth-order valence-corrected chi connectivity index (χ4v) is 3.29. The van der Waals surface area contributed by atoms with Crippen LogP contribution in [0.2, 0.25) is 0 Å². The van der Waals surface area contributed by atoms with Crippen molar-refractivity contribution in [1.82, 2.24) is 0 Å². The van der Waals surface area contributed by atoms with E-state index in [1.54, 1.807) is 12.1 Å². The second-order valence-corrected chi connectivity index (χ2v) is 7.21. The molecule has 0 aliphatic carbocycles. The molecule has 0 bridgehead atoms. The number of halogens is 1. The van der Waals surface area contributed by atoms with E-state index < -0.39 is 0 Å². The Kier molecular flexibility index (Phi) is 6.49. The summed E-state index contributed by atoms with van der Waals surface area (Å²) in [4.78, 5) is 13.0. The van der Waals surface area contributed by atoms with E-state index in [1.165, 1.54) is 23.9 Å². The minimum atomic E-state index is -0.257. The zero-order valence-electron chi connectivity index (χ0n) is 14.9. The molecule has 0 atom stereocenters. The molecule has 0 saturated heterocycles. The number of ether oxygens (including phenoxy) is 1. The molecule has 3 nitrogen and oxygen atoms in total. The van der Waals surface area contributed by atoms with Crippen LogP contribution >= 0.6 is 11.8 Å². The molecule has 3 aromatic rings. The van der Waals surface area contributed by atoms with E-state index in [0.717, 1.165) is 21.9 Å². The van der Waals surface area contributed by atoms with Gasteiger partial charge in [-0.15, -0.1) is 11.8 Å². The van der Waals surface area contributed by atoms with Crippen molar-refractivity contribution >= 4 is 23.4 Å². The summed E-state index contributed by atoms with van der Waals surface area (Å²) in [5.74, 6) is 1.81. The first-order valence-corrected chi connectivity index (χ1v) is 9.60. The zero-order valence-corrected chi connectivity index (χ0v) is 15.8. The van der Waals surface area contributed by atoms with E-state index in [4.69, 9.17) is 4.74 Å². The molecule has 0 radical (unpaired) electrons. The number of anilines is 1. The van der Waals surface area contributed by atoms with E-state index >= 15 is 0 Å². The predicted molar refractivity (Wildman–Crippen MR) is 108 cm³/mol. The molecule has 0 unspecified atom stereocenters. The lowest BCUT2D eigenvalue weighted by molar-refractivity contribution is -0.115. The fourth-order valence-electron chi connectivity index (χ4n) is 2.44. The molecule has 0 aliphatic heterocycles. The monoisotopic (exact) mass is 381 g/mol. The first-order chi connectivity index (χ1) is 13.1. The van der Waals surface area contributed by atoms with Crippen LogP contribution in [0.5, 0.6) is 11.5 Å². The van der Waals surface area contributed by atoms with Crippen LogP contribution in [0.4, 0.5) is 10.1 Å². The van der Waals surface area contributed by atoms with Crippen molar-refractivity contribution in [1.29, 1.82) is 0 Å². The first kappa shape index (κ1) is 19.0. The maximum atomic E-state index is 12.9. The minimum Gasteiger partial charge on any atom is -0.457 e. The van der Waals surface area contributed by atoms with Gasteiger partial charge in [-0.3, -0.25) is 4.79 Å². The average Bonchev–Trinajstić information content (AvgIpc) is 2.65. The number of thioether (sulfide) groups is 1. The number of carbonyl (C=O) groups is 1. The highest BCUT2D eigenvalue weighted by Gasteiger charge is 2.04. The third-order valence-corrected chi connectivity index (χ3v) is 4.79. The highest BCUT2D eigenvalue weighted by Crippen LogP contribution is 2.24. The van der Waals surface area contributed by atoms with Gasteiger partial charge in [0.05, 0.1) is 0 Å². The van der Waals surface area contributed by atoms with Crippen molar-refractivity contribution in [2.75, 3.05) is 11.1 Å². The largest absolute Gasteiger partial charge is 0.457 e. The van der Waals surface area contributed by atoms with Gasteiger partial charge < -0.3 is 10.1 Å². The van der Waals surface area contributed by atoms with Crippen molar-refractivity contribution in [2.24, 2.45) is 0 Å². The van der Waals surface area contributed by atoms with Crippen molar-refractivity contribution in [3.63, 3.8) is 0 Å². The molecule has 3 rings (SSSR count). The third kappa shape index (κ3) is 6.15. The first-order valence-electron chi connectivity index (χ1n) is 8.61. The van der Waals surface area contributed by atoms with Gasteiger partial charge in [0.25, 0.3) is 0 Å². The normalized spacial score (nSPS) is 10.4. The lowest BCUT2D eigenvalue weighted by Crippen LogP contribution is -2.12. The number of amides is 1. The summed E-state index contributed by atoms with van der Waals surface area (Å²) >= 11 is 1.53. The number of hydrogen-bond acceptors (Lipinski definition) is 3. The van der Waals surface area contributed by atoms with Gasteiger partial charge in [0.1, 0.15) is 17.3 Å². The zero-order chi connectivity index (χ0) is 19.1. The van der Waals surface area contributed by atoms with Gasteiger partial charge in [-0.1, -0.05) is 12.1 Å². The summed E-state index contributed by atoms with van der Waals surface area (Å²) in [7, 11) is 0. The topological polar surface area (TPSA) is 38.3 Å². The molecular formula is C22H20FNO2S. The number of hydrogen-bond donors (Lipinski definition) is 1. The Labute approximate surface area is 162 Å². The van der Waals surface area contributed by atoms with Gasteiger partial charge in [-0.2, -0.15) is 0 Å². The smallest absolute Gasteiger partial charge is 0.225 e. The predicted octanol–water partition coefficient (Wildman–Crippen LogP) is 6.05. The fraction of sp³-hybridized carbons (Fsp3) is 0.136. The Balaban J connectivity index is 1.46. The molecule has 1 amide bonds. The van der Waals surface area contributed by atoms with Crippen LogP contribution in [-0.4, -0.2) is 11.7 Å². The van der Waals surface area contributed by atoms with Crippen molar-refractivity contribution < 1.29 is 13.9 Å². The molecule has 0 fully saturated rings. The molecule has 3 aromatic carbocycles. The maximum Gasteiger partial charge on any atom is 0.225 e. The molecule has 0 aliphatic rings. The van der Waals surface area contributed by atoms with Crippen LogP contribution in [0.1, 0.15) is 12.0 Å². The SMILES string of the molecule is Cc1cccc(Oc2ccc(NC(=O)CCSc3ccc(F)cc3)cc2)c1. The molecule has 27 heavy (non-hydrogen) atoms. The van der Waals surface area contributed by atoms with Gasteiger partial charge >= 0.3 is 0 Å². The standard InChI is InChI=1S/C22H20FNO2S/c1-16-3-2-4-20(15-16)26-19-9-7-18(8-10-19)24-22(25)13-14-27-21-11-5-17(23)6-12-21/h2-12,15H,13-14H2,1H3,(H,24,25). The number of benzene rings is 3. The molecule has 0 heterocycles. The molecule has 0 aromatic heterocycles. The molecule has 0 spiro atoms. The summed E-state index contributed by atoms with van der Waals surface area (Å²) in [6.07, 6.45) is 0.379. The summed E-state index contributed by atoms with van der Waals surface area (Å²) < 4.78 is 18.7. The third-order valence-electron chi connectivity index (χ3n) is 3.77. The highest BCUT2D eigenvalue weighted by atomic mass is 32.2. The summed E-state index contributed by atoms with van der Waals surface area (Å²) in [5.41, 5.74) is 1.86. The molecule has 1 N–H and O–H groups in total. The Morgan fingerprint density at radius 1 is 1.00 bits per heavy atom. The van der Waals surface area contributed by atoms with Gasteiger partial charge in [0.2, 0.25) is 5.91 Å². The van der Waals surface area contributed by atoms with E-state index in [0.29, 0.717) is 17.9 Å². The highest BCUT2D eigenvalue weighted by molar-refractivity contribution is 7.99. The maximum absolute atomic E-state index is 12.9. The molecule has 0 saturated carbocycles. The van der Waals surface area contributed by atoms with E-state index in [-0.39, 0.29) is 11.7 Å². The number of nitrogens with one attached hydrogen (secondary N) is 1. The number of aryl methyl sites for hydroxylation is 1. The van der Waals surface area contributed by atoms with Crippen molar-refractivity contribution in [3.8, 4) is 11.5 Å². The summed E-state index contributed by atoms with van der Waals surface area (Å²) in [6, 6.07) is 21.4. The number of rotatable bonds is 7. The molecule has 138 valence electrons. The molecule has 5 heteroatoms. The Hall–Kier alpha value is -2.79. The second kappa shape index (κ2) is 9.24. The molecular weight excluding hydrogens is 361 g/mol. The van der Waals surface area contributed by atoms with Crippen LogP contribution in [-0.2, 0) is 4.79 Å². The van der Waals surface area contributed by atoms with Crippen LogP contribution in [0.15, 0.2) is 77.7 Å². The lowest BCUT2D eigenvalue weighted by Gasteiger charge is -2.09. The lowest BCUT2D eigenvalue weighted by atomic mass is 10.2.